The van der Waals surface area contributed by atoms with Crippen LogP contribution in [-0.2, 0) is 6.18 Å². The fourth-order valence-corrected chi connectivity index (χ4v) is 7.60. The third-order valence-corrected chi connectivity index (χ3v) is 9.78. The Bertz CT molecular complexity index is 2860. The fourth-order valence-electron chi connectivity index (χ4n) is 7.60. The topological polar surface area (TPSA) is 0 Å². The Hall–Kier alpha value is -6.02. The maximum atomic E-state index is 16.1. The van der Waals surface area contributed by atoms with Crippen molar-refractivity contribution in [2.75, 3.05) is 0 Å². The van der Waals surface area contributed by atoms with E-state index < -0.39 is 40.8 Å². The van der Waals surface area contributed by atoms with Gasteiger partial charge in [-0.2, -0.15) is 13.2 Å². The van der Waals surface area contributed by atoms with Gasteiger partial charge in [0.25, 0.3) is 0 Å². The first kappa shape index (κ1) is 31.0. The van der Waals surface area contributed by atoms with Gasteiger partial charge in [-0.15, -0.1) is 0 Å². The SMILES string of the molecule is Fc1ccc2c(-c3ccc4c(F)cc5c(-c6ccc(C(F)(F)F)cc6)ccc6ccc3c4c65)c3ccccc3c(-c3cc(F)c(F)c(F)c3)c2c1. The summed E-state index contributed by atoms with van der Waals surface area (Å²) in [6.45, 7) is 0. The quantitative estimate of drug-likeness (QED) is 0.0750. The standard InChI is InChI=1S/C43H20F8/c44-25-11-14-31-33(19-25)38(23-17-36(46)42(48)37(47)18-23)27-3-1-2-4-28(27)40(31)29-15-16-32-35(45)20-34-26(21-5-9-24(10-6-21)43(49,50)51)12-7-22-8-13-30(29)41(32)39(22)34/h1-20H. The zero-order valence-electron chi connectivity index (χ0n) is 26.1. The van der Waals surface area contributed by atoms with Crippen molar-refractivity contribution in [1.82, 2.24) is 0 Å². The van der Waals surface area contributed by atoms with E-state index in [-0.39, 0.29) is 5.56 Å². The molecule has 0 aliphatic heterocycles. The van der Waals surface area contributed by atoms with E-state index in [1.165, 1.54) is 30.3 Å². The molecule has 0 aromatic heterocycles. The van der Waals surface area contributed by atoms with Gasteiger partial charge in [0.2, 0.25) is 0 Å². The smallest absolute Gasteiger partial charge is 0.207 e. The van der Waals surface area contributed by atoms with Crippen molar-refractivity contribution >= 4 is 53.9 Å². The Morgan fingerprint density at radius 2 is 1.00 bits per heavy atom. The van der Waals surface area contributed by atoms with E-state index in [4.69, 9.17) is 0 Å². The molecule has 8 heteroatoms. The van der Waals surface area contributed by atoms with E-state index in [9.17, 15) is 26.3 Å². The summed E-state index contributed by atoms with van der Waals surface area (Å²) in [7, 11) is 0. The Balaban J connectivity index is 1.38. The molecule has 9 aromatic carbocycles. The summed E-state index contributed by atoms with van der Waals surface area (Å²) in [6, 6.07) is 30.0. The zero-order valence-corrected chi connectivity index (χ0v) is 26.1. The van der Waals surface area contributed by atoms with Crippen LogP contribution in [-0.4, -0.2) is 0 Å². The summed E-state index contributed by atoms with van der Waals surface area (Å²) in [6.07, 6.45) is -4.51. The van der Waals surface area contributed by atoms with Gasteiger partial charge < -0.3 is 0 Å². The molecule has 0 radical (unpaired) electrons. The van der Waals surface area contributed by atoms with E-state index in [0.29, 0.717) is 70.9 Å². The van der Waals surface area contributed by atoms with Crippen LogP contribution < -0.4 is 0 Å². The van der Waals surface area contributed by atoms with Crippen LogP contribution in [0.3, 0.4) is 0 Å². The van der Waals surface area contributed by atoms with E-state index in [2.05, 4.69) is 0 Å². The Kier molecular flexibility index (Phi) is 6.68. The molecule has 0 aliphatic carbocycles. The number of hydrogen-bond acceptors (Lipinski definition) is 0. The molecule has 0 nitrogen and oxygen atoms in total. The number of halogens is 8. The summed E-state index contributed by atoms with van der Waals surface area (Å²) < 4.78 is 114. The summed E-state index contributed by atoms with van der Waals surface area (Å²) in [5, 5.41) is 5.68. The minimum atomic E-state index is -4.51. The summed E-state index contributed by atoms with van der Waals surface area (Å²) in [5.41, 5.74) is 1.93. The van der Waals surface area contributed by atoms with Crippen molar-refractivity contribution in [2.24, 2.45) is 0 Å². The molecule has 0 spiro atoms. The highest BCUT2D eigenvalue weighted by Gasteiger charge is 2.30. The third kappa shape index (κ3) is 4.66. The van der Waals surface area contributed by atoms with Gasteiger partial charge in [0, 0.05) is 10.8 Å². The highest BCUT2D eigenvalue weighted by molar-refractivity contribution is 6.30. The first-order valence-corrected chi connectivity index (χ1v) is 15.9. The van der Waals surface area contributed by atoms with Crippen LogP contribution in [0.15, 0.2) is 121 Å². The number of fused-ring (bicyclic) bond motifs is 2. The summed E-state index contributed by atoms with van der Waals surface area (Å²) in [5.74, 6) is -5.49. The van der Waals surface area contributed by atoms with Crippen LogP contribution in [0.2, 0.25) is 0 Å². The second-order valence-electron chi connectivity index (χ2n) is 12.6. The van der Waals surface area contributed by atoms with E-state index in [0.717, 1.165) is 35.0 Å². The average Bonchev–Trinajstić information content (AvgIpc) is 3.11. The molecule has 0 saturated carbocycles. The lowest BCUT2D eigenvalue weighted by molar-refractivity contribution is -0.137. The predicted octanol–water partition coefficient (Wildman–Crippen LogP) is 13.6. The molecule has 0 N–H and O–H groups in total. The van der Waals surface area contributed by atoms with Crippen molar-refractivity contribution in [3.63, 3.8) is 0 Å². The Labute approximate surface area is 284 Å². The molecule has 0 heterocycles. The molecule has 0 amide bonds. The molecule has 0 unspecified atom stereocenters. The fraction of sp³-hybridized carbons (Fsp3) is 0.0233. The van der Waals surface area contributed by atoms with Crippen LogP contribution in [0.1, 0.15) is 5.56 Å². The minimum Gasteiger partial charge on any atom is -0.207 e. The van der Waals surface area contributed by atoms with Gasteiger partial charge in [0.1, 0.15) is 11.6 Å². The number of benzene rings is 9. The van der Waals surface area contributed by atoms with Gasteiger partial charge in [0.05, 0.1) is 5.56 Å². The van der Waals surface area contributed by atoms with Crippen LogP contribution in [0.5, 0.6) is 0 Å². The average molecular weight is 689 g/mol. The van der Waals surface area contributed by atoms with E-state index in [1.54, 1.807) is 42.5 Å². The van der Waals surface area contributed by atoms with Gasteiger partial charge in [-0.1, -0.05) is 78.9 Å². The second kappa shape index (κ2) is 11.0. The molecule has 51 heavy (non-hydrogen) atoms. The van der Waals surface area contributed by atoms with Crippen LogP contribution >= 0.6 is 0 Å². The molecule has 9 rings (SSSR count). The zero-order chi connectivity index (χ0) is 35.3. The lowest BCUT2D eigenvalue weighted by Gasteiger charge is -2.21. The lowest BCUT2D eigenvalue weighted by atomic mass is 9.82. The third-order valence-electron chi connectivity index (χ3n) is 9.78. The van der Waals surface area contributed by atoms with Crippen LogP contribution in [0, 0.1) is 29.1 Å². The molecule has 9 aromatic rings. The van der Waals surface area contributed by atoms with Gasteiger partial charge >= 0.3 is 6.18 Å². The van der Waals surface area contributed by atoms with E-state index >= 15 is 8.78 Å². The predicted molar refractivity (Wildman–Crippen MR) is 186 cm³/mol. The van der Waals surface area contributed by atoms with Crippen molar-refractivity contribution in [3.05, 3.63) is 156 Å². The first-order valence-electron chi connectivity index (χ1n) is 15.9. The highest BCUT2D eigenvalue weighted by atomic mass is 19.4. The van der Waals surface area contributed by atoms with Crippen LogP contribution in [0.25, 0.3) is 87.2 Å². The van der Waals surface area contributed by atoms with Crippen LogP contribution in [0.4, 0.5) is 35.1 Å². The monoisotopic (exact) mass is 688 g/mol. The molecule has 0 atom stereocenters. The highest BCUT2D eigenvalue weighted by Crippen LogP contribution is 2.49. The molecule has 0 fully saturated rings. The van der Waals surface area contributed by atoms with Crippen molar-refractivity contribution in [1.29, 1.82) is 0 Å². The maximum absolute atomic E-state index is 16.1. The number of rotatable bonds is 3. The molecule has 248 valence electrons. The summed E-state index contributed by atoms with van der Waals surface area (Å²) >= 11 is 0. The lowest BCUT2D eigenvalue weighted by Crippen LogP contribution is -2.04. The molecule has 0 saturated heterocycles. The van der Waals surface area contributed by atoms with Gasteiger partial charge in [-0.05, 0) is 119 Å². The van der Waals surface area contributed by atoms with Crippen molar-refractivity contribution in [3.8, 4) is 33.4 Å². The largest absolute Gasteiger partial charge is 0.416 e. The number of hydrogen-bond donors (Lipinski definition) is 0. The Morgan fingerprint density at radius 1 is 0.392 bits per heavy atom. The van der Waals surface area contributed by atoms with Gasteiger partial charge in [0.15, 0.2) is 17.5 Å². The summed E-state index contributed by atoms with van der Waals surface area (Å²) in [4.78, 5) is 0. The van der Waals surface area contributed by atoms with Crippen molar-refractivity contribution in [2.45, 2.75) is 6.18 Å². The molecule has 0 bridgehead atoms. The molecular formula is C43H20F8. The number of alkyl halides is 3. The maximum Gasteiger partial charge on any atom is 0.416 e. The molecular weight excluding hydrogens is 668 g/mol. The first-order chi connectivity index (χ1) is 24.5. The second-order valence-corrected chi connectivity index (χ2v) is 12.6. The van der Waals surface area contributed by atoms with Gasteiger partial charge in [-0.3, -0.25) is 0 Å². The van der Waals surface area contributed by atoms with E-state index in [1.807, 2.05) is 24.3 Å². The van der Waals surface area contributed by atoms with Crippen molar-refractivity contribution < 1.29 is 35.1 Å². The molecule has 0 aliphatic rings. The normalized spacial score (nSPS) is 12.3. The Morgan fingerprint density at radius 3 is 1.71 bits per heavy atom. The minimum absolute atomic E-state index is 0.0259. The van der Waals surface area contributed by atoms with Gasteiger partial charge in [-0.25, -0.2) is 22.0 Å².